The van der Waals surface area contributed by atoms with Crippen LogP contribution in [0.5, 0.6) is 0 Å². The highest BCUT2D eigenvalue weighted by molar-refractivity contribution is 5.76. The fourth-order valence-corrected chi connectivity index (χ4v) is 2.31. The standard InChI is InChI=1S/C15H22N2O2/c18-11-13(8-14-6-1-2-7-16-14)10-17-15(19)9-12-4-3-5-12/h1-2,6-7,12-13,18H,3-5,8-11H2,(H,17,19). The summed E-state index contributed by atoms with van der Waals surface area (Å²) in [7, 11) is 0. The first-order chi connectivity index (χ1) is 9.28. The lowest BCUT2D eigenvalue weighted by Gasteiger charge is -2.25. The summed E-state index contributed by atoms with van der Waals surface area (Å²) >= 11 is 0. The van der Waals surface area contributed by atoms with Crippen LogP contribution in [-0.4, -0.2) is 29.1 Å². The Labute approximate surface area is 114 Å². The van der Waals surface area contributed by atoms with E-state index in [2.05, 4.69) is 10.3 Å². The van der Waals surface area contributed by atoms with Crippen LogP contribution in [0.1, 0.15) is 31.4 Å². The summed E-state index contributed by atoms with van der Waals surface area (Å²) in [6.45, 7) is 0.596. The quantitative estimate of drug-likeness (QED) is 0.783. The number of hydrogen-bond donors (Lipinski definition) is 2. The summed E-state index contributed by atoms with van der Waals surface area (Å²) in [5, 5.41) is 12.3. The maximum atomic E-state index is 11.7. The van der Waals surface area contributed by atoms with Crippen LogP contribution in [0.3, 0.4) is 0 Å². The summed E-state index contributed by atoms with van der Waals surface area (Å²) in [4.78, 5) is 16.0. The van der Waals surface area contributed by atoms with Gasteiger partial charge in [-0.3, -0.25) is 9.78 Å². The normalized spacial score (nSPS) is 16.7. The van der Waals surface area contributed by atoms with Crippen LogP contribution in [0, 0.1) is 11.8 Å². The zero-order chi connectivity index (χ0) is 13.5. The first-order valence-electron chi connectivity index (χ1n) is 7.05. The zero-order valence-corrected chi connectivity index (χ0v) is 11.2. The number of aromatic nitrogens is 1. The molecule has 4 heteroatoms. The number of amides is 1. The van der Waals surface area contributed by atoms with Crippen molar-refractivity contribution in [1.29, 1.82) is 0 Å². The Morgan fingerprint density at radius 3 is 2.89 bits per heavy atom. The Morgan fingerprint density at radius 2 is 2.32 bits per heavy atom. The van der Waals surface area contributed by atoms with Gasteiger partial charge in [0.15, 0.2) is 0 Å². The Hall–Kier alpha value is -1.42. The molecule has 0 saturated heterocycles. The van der Waals surface area contributed by atoms with Crippen LogP contribution in [-0.2, 0) is 11.2 Å². The number of rotatable bonds is 7. The van der Waals surface area contributed by atoms with Gasteiger partial charge in [-0.05, 0) is 37.3 Å². The highest BCUT2D eigenvalue weighted by Crippen LogP contribution is 2.29. The van der Waals surface area contributed by atoms with E-state index in [9.17, 15) is 9.90 Å². The van der Waals surface area contributed by atoms with Crippen LogP contribution in [0.4, 0.5) is 0 Å². The molecule has 1 saturated carbocycles. The summed E-state index contributed by atoms with van der Waals surface area (Å²) in [5.74, 6) is 0.743. The van der Waals surface area contributed by atoms with E-state index in [-0.39, 0.29) is 18.4 Å². The summed E-state index contributed by atoms with van der Waals surface area (Å²) < 4.78 is 0. The van der Waals surface area contributed by atoms with Gasteiger partial charge in [-0.25, -0.2) is 0 Å². The van der Waals surface area contributed by atoms with Gasteiger partial charge in [0.1, 0.15) is 0 Å². The minimum absolute atomic E-state index is 0.0419. The van der Waals surface area contributed by atoms with E-state index in [4.69, 9.17) is 0 Å². The number of aliphatic hydroxyl groups is 1. The van der Waals surface area contributed by atoms with Crippen molar-refractivity contribution in [3.8, 4) is 0 Å². The highest BCUT2D eigenvalue weighted by atomic mass is 16.3. The van der Waals surface area contributed by atoms with Gasteiger partial charge < -0.3 is 10.4 Å². The van der Waals surface area contributed by atoms with E-state index in [1.165, 1.54) is 19.3 Å². The van der Waals surface area contributed by atoms with Crippen LogP contribution in [0.25, 0.3) is 0 Å². The smallest absolute Gasteiger partial charge is 0.220 e. The molecule has 1 amide bonds. The fourth-order valence-electron chi connectivity index (χ4n) is 2.31. The van der Waals surface area contributed by atoms with Crippen molar-refractivity contribution in [2.24, 2.45) is 11.8 Å². The predicted molar refractivity (Wildman–Crippen MR) is 73.5 cm³/mol. The third-order valence-electron chi connectivity index (χ3n) is 3.77. The van der Waals surface area contributed by atoms with E-state index in [0.717, 1.165) is 5.69 Å². The van der Waals surface area contributed by atoms with Gasteiger partial charge in [0.25, 0.3) is 0 Å². The molecule has 0 aliphatic heterocycles. The lowest BCUT2D eigenvalue weighted by molar-refractivity contribution is -0.122. The number of hydrogen-bond acceptors (Lipinski definition) is 3. The zero-order valence-electron chi connectivity index (χ0n) is 11.2. The average molecular weight is 262 g/mol. The molecule has 1 aliphatic carbocycles. The second kappa shape index (κ2) is 7.24. The Kier molecular flexibility index (Phi) is 5.33. The molecule has 1 atom stereocenters. The van der Waals surface area contributed by atoms with Gasteiger partial charge in [0.05, 0.1) is 0 Å². The van der Waals surface area contributed by atoms with Crippen molar-refractivity contribution >= 4 is 5.91 Å². The second-order valence-corrected chi connectivity index (χ2v) is 5.38. The van der Waals surface area contributed by atoms with Crippen LogP contribution < -0.4 is 5.32 Å². The fraction of sp³-hybridized carbons (Fsp3) is 0.600. The summed E-state index contributed by atoms with van der Waals surface area (Å²) in [5.41, 5.74) is 0.954. The monoisotopic (exact) mass is 262 g/mol. The van der Waals surface area contributed by atoms with Crippen LogP contribution >= 0.6 is 0 Å². The molecule has 4 nitrogen and oxygen atoms in total. The van der Waals surface area contributed by atoms with Crippen molar-refractivity contribution in [1.82, 2.24) is 10.3 Å². The second-order valence-electron chi connectivity index (χ2n) is 5.38. The average Bonchev–Trinajstić information content (AvgIpc) is 2.40. The minimum atomic E-state index is 0.0419. The first kappa shape index (κ1) is 14.0. The number of nitrogens with zero attached hydrogens (tertiary/aromatic N) is 1. The molecule has 1 aromatic rings. The molecule has 0 aromatic carbocycles. The molecule has 2 N–H and O–H groups in total. The van der Waals surface area contributed by atoms with Gasteiger partial charge in [0, 0.05) is 37.4 Å². The van der Waals surface area contributed by atoms with Gasteiger partial charge in [-0.1, -0.05) is 12.5 Å². The van der Waals surface area contributed by atoms with E-state index >= 15 is 0 Å². The largest absolute Gasteiger partial charge is 0.396 e. The van der Waals surface area contributed by atoms with Crippen molar-refractivity contribution in [2.75, 3.05) is 13.2 Å². The van der Waals surface area contributed by atoms with Crippen LogP contribution in [0.15, 0.2) is 24.4 Å². The molecular weight excluding hydrogens is 240 g/mol. The van der Waals surface area contributed by atoms with Crippen molar-refractivity contribution in [3.63, 3.8) is 0 Å². The molecule has 1 heterocycles. The molecule has 104 valence electrons. The molecular formula is C15H22N2O2. The predicted octanol–water partition coefficient (Wildman–Crippen LogP) is 1.54. The molecule has 19 heavy (non-hydrogen) atoms. The third-order valence-corrected chi connectivity index (χ3v) is 3.77. The number of carbonyl (C=O) groups excluding carboxylic acids is 1. The molecule has 0 spiro atoms. The number of pyridine rings is 1. The maximum Gasteiger partial charge on any atom is 0.220 e. The summed E-state index contributed by atoms with van der Waals surface area (Å²) in [6.07, 6.45) is 6.72. The van der Waals surface area contributed by atoms with E-state index < -0.39 is 0 Å². The number of aliphatic hydroxyl groups excluding tert-OH is 1. The Bertz CT molecular complexity index is 390. The molecule has 2 rings (SSSR count). The third kappa shape index (κ3) is 4.63. The summed E-state index contributed by atoms with van der Waals surface area (Å²) in [6, 6.07) is 5.75. The molecule has 0 radical (unpaired) electrons. The van der Waals surface area contributed by atoms with Crippen molar-refractivity contribution in [2.45, 2.75) is 32.1 Å². The molecule has 1 unspecified atom stereocenters. The molecule has 1 fully saturated rings. The van der Waals surface area contributed by atoms with E-state index in [1.54, 1.807) is 6.20 Å². The minimum Gasteiger partial charge on any atom is -0.396 e. The molecule has 1 aromatic heterocycles. The lowest BCUT2D eigenvalue weighted by Crippen LogP contribution is -2.33. The highest BCUT2D eigenvalue weighted by Gasteiger charge is 2.21. The van der Waals surface area contributed by atoms with Crippen molar-refractivity contribution in [3.05, 3.63) is 30.1 Å². The van der Waals surface area contributed by atoms with Crippen molar-refractivity contribution < 1.29 is 9.90 Å². The Balaban J connectivity index is 1.71. The Morgan fingerprint density at radius 1 is 1.47 bits per heavy atom. The van der Waals surface area contributed by atoms with Gasteiger partial charge in [-0.2, -0.15) is 0 Å². The topological polar surface area (TPSA) is 62.2 Å². The number of nitrogens with one attached hydrogen (secondary N) is 1. The van der Waals surface area contributed by atoms with E-state index in [1.807, 2.05) is 18.2 Å². The van der Waals surface area contributed by atoms with Gasteiger partial charge in [0.2, 0.25) is 5.91 Å². The maximum absolute atomic E-state index is 11.7. The van der Waals surface area contributed by atoms with Crippen LogP contribution in [0.2, 0.25) is 0 Å². The molecule has 0 bridgehead atoms. The SMILES string of the molecule is O=C(CC1CCC1)NCC(CO)Cc1ccccn1. The van der Waals surface area contributed by atoms with Gasteiger partial charge in [-0.15, -0.1) is 0 Å². The first-order valence-corrected chi connectivity index (χ1v) is 7.05. The molecule has 1 aliphatic rings. The van der Waals surface area contributed by atoms with Gasteiger partial charge >= 0.3 is 0 Å². The lowest BCUT2D eigenvalue weighted by atomic mass is 9.83. The number of carbonyl (C=O) groups is 1. The van der Waals surface area contributed by atoms with E-state index in [0.29, 0.717) is 25.3 Å².